The maximum atomic E-state index is 2.48. The molecule has 14 heavy (non-hydrogen) atoms. The molecule has 0 unspecified atom stereocenters. The molecule has 0 atom stereocenters. The molecular weight excluding hydrogens is 295 g/mol. The molecule has 74 valence electrons. The molecule has 1 aromatic carbocycles. The van der Waals surface area contributed by atoms with E-state index in [1.54, 1.807) is 2.89 Å². The van der Waals surface area contributed by atoms with Crippen LogP contribution in [0.25, 0.3) is 10.1 Å². The van der Waals surface area contributed by atoms with E-state index in [0.717, 1.165) is 0 Å². The van der Waals surface area contributed by atoms with Crippen molar-refractivity contribution in [2.75, 3.05) is 0 Å². The Kier molecular flexibility index (Phi) is 2.64. The zero-order valence-corrected chi connectivity index (χ0v) is 12.9. The first kappa shape index (κ1) is 10.5. The third-order valence-corrected chi connectivity index (χ3v) is 13.0. The van der Waals surface area contributed by atoms with Gasteiger partial charge in [0.25, 0.3) is 0 Å². The SMILES string of the molecule is Cc1ccc2s[c]([Sn]([CH3])([CH3])[CH3])cc2c1. The number of hydrogen-bond donors (Lipinski definition) is 0. The van der Waals surface area contributed by atoms with E-state index in [2.05, 4.69) is 46.0 Å². The molecule has 0 aliphatic heterocycles. The third-order valence-electron chi connectivity index (χ3n) is 2.41. The van der Waals surface area contributed by atoms with Crippen molar-refractivity contribution < 1.29 is 0 Å². The van der Waals surface area contributed by atoms with Crippen molar-refractivity contribution in [2.24, 2.45) is 0 Å². The predicted molar refractivity (Wildman–Crippen MR) is 69.5 cm³/mol. The summed E-state index contributed by atoms with van der Waals surface area (Å²) in [7, 11) is 0. The van der Waals surface area contributed by atoms with E-state index in [4.69, 9.17) is 0 Å². The van der Waals surface area contributed by atoms with Gasteiger partial charge in [-0.15, -0.1) is 0 Å². The van der Waals surface area contributed by atoms with Crippen LogP contribution in [0.3, 0.4) is 0 Å². The van der Waals surface area contributed by atoms with Crippen molar-refractivity contribution in [1.82, 2.24) is 0 Å². The van der Waals surface area contributed by atoms with Gasteiger partial charge in [0.1, 0.15) is 0 Å². The first-order valence-electron chi connectivity index (χ1n) is 4.97. The summed E-state index contributed by atoms with van der Waals surface area (Å²) in [6.07, 6.45) is 0. The zero-order valence-electron chi connectivity index (χ0n) is 9.22. The molecule has 0 saturated carbocycles. The number of thiophene rings is 1. The fourth-order valence-electron chi connectivity index (χ4n) is 1.53. The average Bonchev–Trinajstić information content (AvgIpc) is 2.45. The minimum atomic E-state index is -1.83. The Labute approximate surface area is 93.8 Å². The second-order valence-corrected chi connectivity index (χ2v) is 21.4. The van der Waals surface area contributed by atoms with Gasteiger partial charge in [-0.1, -0.05) is 0 Å². The van der Waals surface area contributed by atoms with Gasteiger partial charge in [-0.05, 0) is 0 Å². The number of benzene rings is 1. The van der Waals surface area contributed by atoms with Gasteiger partial charge in [-0.25, -0.2) is 0 Å². The Balaban J connectivity index is 2.63. The third kappa shape index (κ3) is 1.98. The van der Waals surface area contributed by atoms with Crippen molar-refractivity contribution in [3.8, 4) is 0 Å². The van der Waals surface area contributed by atoms with Crippen LogP contribution in [0.1, 0.15) is 5.56 Å². The fourth-order valence-corrected chi connectivity index (χ4v) is 7.88. The molecule has 0 fully saturated rings. The maximum absolute atomic E-state index is 2.48. The van der Waals surface area contributed by atoms with Gasteiger partial charge in [0.2, 0.25) is 0 Å². The van der Waals surface area contributed by atoms with Gasteiger partial charge in [0.15, 0.2) is 0 Å². The van der Waals surface area contributed by atoms with E-state index in [1.165, 1.54) is 15.6 Å². The second-order valence-electron chi connectivity index (χ2n) is 4.90. The summed E-state index contributed by atoms with van der Waals surface area (Å²) in [6.45, 7) is 2.16. The molecule has 0 N–H and O–H groups in total. The molecule has 1 aromatic heterocycles. The first-order chi connectivity index (χ1) is 6.47. The van der Waals surface area contributed by atoms with Crippen molar-refractivity contribution in [3.63, 3.8) is 0 Å². The van der Waals surface area contributed by atoms with Crippen LogP contribution < -0.4 is 2.89 Å². The molecule has 0 nitrogen and oxygen atoms in total. The molecular formula is C12H16SSn. The van der Waals surface area contributed by atoms with E-state index in [-0.39, 0.29) is 0 Å². The van der Waals surface area contributed by atoms with Gasteiger partial charge in [0, 0.05) is 0 Å². The Morgan fingerprint density at radius 2 is 1.79 bits per heavy atom. The molecule has 0 saturated heterocycles. The van der Waals surface area contributed by atoms with Crippen LogP contribution in [0, 0.1) is 6.92 Å². The normalized spacial score (nSPS) is 12.3. The molecule has 0 bridgehead atoms. The first-order valence-corrected chi connectivity index (χ1v) is 15.8. The zero-order chi connectivity index (χ0) is 10.3. The fraction of sp³-hybridized carbons (Fsp3) is 0.333. The molecule has 0 aliphatic carbocycles. The Hall–Kier alpha value is -0.0213. The summed E-state index contributed by atoms with van der Waals surface area (Å²) >= 11 is 0.179. The number of rotatable bonds is 1. The standard InChI is InChI=1S/C9H7S.3CH3.Sn/c1-7-2-3-9-8(6-7)4-5-10-9;;;;/h2-4,6H,1H3;3*1H3;. The molecule has 0 amide bonds. The Bertz CT molecular complexity index is 463. The number of fused-ring (bicyclic) bond motifs is 1. The van der Waals surface area contributed by atoms with Crippen molar-refractivity contribution in [1.29, 1.82) is 0 Å². The van der Waals surface area contributed by atoms with Crippen molar-refractivity contribution >= 4 is 42.7 Å². The van der Waals surface area contributed by atoms with Crippen molar-refractivity contribution in [3.05, 3.63) is 29.8 Å². The molecule has 0 spiro atoms. The van der Waals surface area contributed by atoms with Crippen LogP contribution in [0.2, 0.25) is 14.8 Å². The summed E-state index contributed by atoms with van der Waals surface area (Å²) in [6, 6.07) is 9.19. The monoisotopic (exact) mass is 312 g/mol. The summed E-state index contributed by atoms with van der Waals surface area (Å²) in [5.74, 6) is 0. The van der Waals surface area contributed by atoms with Crippen LogP contribution in [0.5, 0.6) is 0 Å². The summed E-state index contributed by atoms with van der Waals surface area (Å²) < 4.78 is 3.14. The topological polar surface area (TPSA) is 0 Å². The van der Waals surface area contributed by atoms with E-state index in [9.17, 15) is 0 Å². The van der Waals surface area contributed by atoms with E-state index in [1.807, 2.05) is 11.3 Å². The van der Waals surface area contributed by atoms with Gasteiger partial charge >= 0.3 is 94.3 Å². The van der Waals surface area contributed by atoms with Crippen LogP contribution in [-0.2, 0) is 0 Å². The molecule has 2 aromatic rings. The predicted octanol–water partition coefficient (Wildman–Crippen LogP) is 3.75. The van der Waals surface area contributed by atoms with Crippen LogP contribution >= 0.6 is 11.3 Å². The second kappa shape index (κ2) is 3.53. The Morgan fingerprint density at radius 1 is 1.07 bits per heavy atom. The Morgan fingerprint density at radius 3 is 2.43 bits per heavy atom. The summed E-state index contributed by atoms with van der Waals surface area (Å²) in [4.78, 5) is 7.44. The van der Waals surface area contributed by atoms with Crippen molar-refractivity contribution in [2.45, 2.75) is 21.7 Å². The van der Waals surface area contributed by atoms with E-state index >= 15 is 0 Å². The van der Waals surface area contributed by atoms with Crippen LogP contribution in [0.4, 0.5) is 0 Å². The minimum absolute atomic E-state index is 1.37. The quantitative estimate of drug-likeness (QED) is 0.704. The van der Waals surface area contributed by atoms with Gasteiger partial charge in [-0.3, -0.25) is 0 Å². The van der Waals surface area contributed by atoms with Crippen LogP contribution in [-0.4, -0.2) is 18.4 Å². The molecule has 0 aliphatic rings. The van der Waals surface area contributed by atoms with E-state index in [0.29, 0.717) is 0 Å². The van der Waals surface area contributed by atoms with E-state index < -0.39 is 18.4 Å². The molecule has 1 heterocycles. The van der Waals surface area contributed by atoms with Gasteiger partial charge in [-0.2, -0.15) is 0 Å². The average molecular weight is 311 g/mol. The number of hydrogen-bond acceptors (Lipinski definition) is 1. The van der Waals surface area contributed by atoms with Gasteiger partial charge < -0.3 is 0 Å². The summed E-state index contributed by atoms with van der Waals surface area (Å²) in [5, 5.41) is 1.44. The molecule has 2 heteroatoms. The molecule has 2 rings (SSSR count). The summed E-state index contributed by atoms with van der Waals surface area (Å²) in [5.41, 5.74) is 1.37. The number of aryl methyl sites for hydroxylation is 1. The molecule has 0 radical (unpaired) electrons. The van der Waals surface area contributed by atoms with Crippen LogP contribution in [0.15, 0.2) is 24.3 Å². The van der Waals surface area contributed by atoms with Gasteiger partial charge in [0.05, 0.1) is 0 Å².